The molecular formula is C22H22O3S. The van der Waals surface area contributed by atoms with Crippen LogP contribution >= 0.6 is 11.3 Å². The molecule has 3 rings (SSSR count). The van der Waals surface area contributed by atoms with Gasteiger partial charge in [0.1, 0.15) is 5.76 Å². The second-order valence-electron chi connectivity index (χ2n) is 6.26. The molecule has 0 unspecified atom stereocenters. The lowest BCUT2D eigenvalue weighted by Crippen LogP contribution is -2.13. The van der Waals surface area contributed by atoms with Crippen LogP contribution in [-0.4, -0.2) is 12.3 Å². The normalized spacial score (nSPS) is 21.0. The summed E-state index contributed by atoms with van der Waals surface area (Å²) in [7, 11) is 0. The van der Waals surface area contributed by atoms with E-state index >= 15 is 0 Å². The molecule has 4 heteroatoms. The van der Waals surface area contributed by atoms with Crippen molar-refractivity contribution in [3.63, 3.8) is 0 Å². The van der Waals surface area contributed by atoms with Crippen molar-refractivity contribution in [3.8, 4) is 0 Å². The van der Waals surface area contributed by atoms with Gasteiger partial charge in [-0.25, -0.2) is 0 Å². The first-order valence-corrected chi connectivity index (χ1v) is 9.88. The van der Waals surface area contributed by atoms with E-state index < -0.39 is 0 Å². The first-order chi connectivity index (χ1) is 12.8. The van der Waals surface area contributed by atoms with Crippen molar-refractivity contribution in [3.05, 3.63) is 75.2 Å². The number of carbonyl (C=O) groups is 2. The zero-order valence-electron chi connectivity index (χ0n) is 14.9. The molecule has 0 spiro atoms. The fourth-order valence-corrected chi connectivity index (χ4v) is 4.09. The molecule has 0 N–H and O–H groups in total. The second kappa shape index (κ2) is 8.77. The van der Waals surface area contributed by atoms with Gasteiger partial charge in [-0.05, 0) is 48.3 Å². The maximum atomic E-state index is 13.4. The van der Waals surface area contributed by atoms with Gasteiger partial charge in [0.25, 0.3) is 6.47 Å². The van der Waals surface area contributed by atoms with Gasteiger partial charge in [-0.2, -0.15) is 11.3 Å². The molecule has 26 heavy (non-hydrogen) atoms. The Kier molecular flexibility index (Phi) is 6.18. The van der Waals surface area contributed by atoms with Crippen molar-refractivity contribution in [2.45, 2.75) is 39.0 Å². The third-order valence-electron chi connectivity index (χ3n) is 4.70. The lowest BCUT2D eigenvalue weighted by molar-refractivity contribution is -0.125. The Bertz CT molecular complexity index is 830. The Balaban J connectivity index is 2.27. The van der Waals surface area contributed by atoms with Gasteiger partial charge < -0.3 is 4.74 Å². The number of thiophene rings is 1. The van der Waals surface area contributed by atoms with Crippen LogP contribution in [0.15, 0.2) is 64.1 Å². The predicted molar refractivity (Wildman–Crippen MR) is 105 cm³/mol. The molecule has 0 radical (unpaired) electrons. The highest BCUT2D eigenvalue weighted by Gasteiger charge is 2.27. The minimum absolute atomic E-state index is 0.0743. The number of ether oxygens (including phenoxy) is 1. The van der Waals surface area contributed by atoms with Crippen molar-refractivity contribution < 1.29 is 14.3 Å². The highest BCUT2D eigenvalue weighted by atomic mass is 32.1. The molecule has 0 atom stereocenters. The Morgan fingerprint density at radius 2 is 1.92 bits per heavy atom. The molecular weight excluding hydrogens is 344 g/mol. The van der Waals surface area contributed by atoms with E-state index in [9.17, 15) is 9.59 Å². The Morgan fingerprint density at radius 3 is 2.58 bits per heavy atom. The SMILES string of the molecule is CC/C1=C(c2ccccc2)\C(C(=O)c2ccsc2)=C(\OC=O)CCCC1. The van der Waals surface area contributed by atoms with Gasteiger partial charge in [0.2, 0.25) is 0 Å². The van der Waals surface area contributed by atoms with Crippen LogP contribution in [0, 0.1) is 0 Å². The van der Waals surface area contributed by atoms with Gasteiger partial charge in [-0.15, -0.1) is 0 Å². The smallest absolute Gasteiger partial charge is 0.298 e. The summed E-state index contributed by atoms with van der Waals surface area (Å²) in [6.45, 7) is 2.55. The molecule has 0 fully saturated rings. The standard InChI is InChI=1S/C22H22O3S/c1-2-16-8-6-7-11-19(25-15-23)21(22(24)18-12-13-26-14-18)20(16)17-9-4-3-5-10-17/h3-5,9-10,12-15H,2,6-8,11H2,1H3/b20-16+,21-19-. The third-order valence-corrected chi connectivity index (χ3v) is 5.39. The zero-order valence-corrected chi connectivity index (χ0v) is 15.7. The van der Waals surface area contributed by atoms with E-state index in [-0.39, 0.29) is 5.78 Å². The first-order valence-electron chi connectivity index (χ1n) is 8.94. The van der Waals surface area contributed by atoms with Crippen LogP contribution in [0.4, 0.5) is 0 Å². The summed E-state index contributed by atoms with van der Waals surface area (Å²) in [6.07, 6.45) is 4.33. The van der Waals surface area contributed by atoms with E-state index in [1.54, 1.807) is 0 Å². The topological polar surface area (TPSA) is 43.4 Å². The van der Waals surface area contributed by atoms with E-state index in [0.717, 1.165) is 36.8 Å². The fourth-order valence-electron chi connectivity index (χ4n) is 3.45. The van der Waals surface area contributed by atoms with Crippen LogP contribution in [0.1, 0.15) is 54.9 Å². The van der Waals surface area contributed by atoms with Crippen molar-refractivity contribution in [2.24, 2.45) is 0 Å². The van der Waals surface area contributed by atoms with Gasteiger partial charge in [0.05, 0.1) is 5.57 Å². The van der Waals surface area contributed by atoms with Crippen LogP contribution in [0.3, 0.4) is 0 Å². The lowest BCUT2D eigenvalue weighted by Gasteiger charge is -2.22. The summed E-state index contributed by atoms with van der Waals surface area (Å²) in [4.78, 5) is 24.5. The van der Waals surface area contributed by atoms with E-state index in [1.165, 1.54) is 16.9 Å². The summed E-state index contributed by atoms with van der Waals surface area (Å²) in [5.41, 5.74) is 4.35. The summed E-state index contributed by atoms with van der Waals surface area (Å²) >= 11 is 1.49. The number of hydrogen-bond donors (Lipinski definition) is 0. The fraction of sp³-hybridized carbons (Fsp3) is 0.273. The number of ketones is 1. The second-order valence-corrected chi connectivity index (χ2v) is 7.04. The molecule has 2 aromatic rings. The number of Topliss-reactive ketones (excluding diaryl/α,β-unsaturated/α-hetero) is 1. The quantitative estimate of drug-likeness (QED) is 0.480. The molecule has 0 bridgehead atoms. The van der Waals surface area contributed by atoms with E-state index in [1.807, 2.05) is 47.2 Å². The molecule has 0 saturated heterocycles. The number of allylic oxidation sites excluding steroid dienone is 4. The van der Waals surface area contributed by atoms with Gasteiger partial charge in [-0.3, -0.25) is 9.59 Å². The molecule has 1 aromatic heterocycles. The number of hydrogen-bond acceptors (Lipinski definition) is 4. The molecule has 134 valence electrons. The van der Waals surface area contributed by atoms with E-state index in [2.05, 4.69) is 6.92 Å². The zero-order chi connectivity index (χ0) is 18.4. The molecule has 1 aliphatic carbocycles. The average molecular weight is 366 g/mol. The molecule has 0 aliphatic heterocycles. The maximum Gasteiger partial charge on any atom is 0.298 e. The van der Waals surface area contributed by atoms with Gasteiger partial charge in [0.15, 0.2) is 5.78 Å². The van der Waals surface area contributed by atoms with Crippen molar-refractivity contribution in [1.29, 1.82) is 0 Å². The molecule has 1 aromatic carbocycles. The maximum absolute atomic E-state index is 13.4. The van der Waals surface area contributed by atoms with Crippen LogP contribution in [0.5, 0.6) is 0 Å². The summed E-state index contributed by atoms with van der Waals surface area (Å²) in [5, 5.41) is 3.74. The van der Waals surface area contributed by atoms with Gasteiger partial charge in [0, 0.05) is 17.4 Å². The monoisotopic (exact) mass is 366 g/mol. The van der Waals surface area contributed by atoms with Crippen molar-refractivity contribution in [2.75, 3.05) is 0 Å². The highest BCUT2D eigenvalue weighted by molar-refractivity contribution is 7.08. The number of benzene rings is 1. The summed E-state index contributed by atoms with van der Waals surface area (Å²) in [6, 6.07) is 11.8. The molecule has 0 amide bonds. The van der Waals surface area contributed by atoms with E-state index in [0.29, 0.717) is 29.8 Å². The highest BCUT2D eigenvalue weighted by Crippen LogP contribution is 2.38. The molecule has 1 aliphatic rings. The summed E-state index contributed by atoms with van der Waals surface area (Å²) < 4.78 is 5.34. The lowest BCUT2D eigenvalue weighted by atomic mass is 9.83. The Morgan fingerprint density at radius 1 is 1.15 bits per heavy atom. The van der Waals surface area contributed by atoms with Crippen LogP contribution in [0.2, 0.25) is 0 Å². The van der Waals surface area contributed by atoms with Crippen molar-refractivity contribution >= 4 is 29.2 Å². The van der Waals surface area contributed by atoms with Crippen LogP contribution in [0.25, 0.3) is 5.57 Å². The van der Waals surface area contributed by atoms with Crippen molar-refractivity contribution in [1.82, 2.24) is 0 Å². The molecule has 0 saturated carbocycles. The molecule has 1 heterocycles. The third kappa shape index (κ3) is 3.86. The van der Waals surface area contributed by atoms with Crippen LogP contribution < -0.4 is 0 Å². The van der Waals surface area contributed by atoms with Gasteiger partial charge >= 0.3 is 0 Å². The number of rotatable bonds is 6. The largest absolute Gasteiger partial charge is 0.432 e. The minimum Gasteiger partial charge on any atom is -0.432 e. The summed E-state index contributed by atoms with van der Waals surface area (Å²) in [5.74, 6) is 0.413. The predicted octanol–water partition coefficient (Wildman–Crippen LogP) is 5.80. The number of carbonyl (C=O) groups excluding carboxylic acids is 2. The van der Waals surface area contributed by atoms with Crippen LogP contribution in [-0.2, 0) is 9.53 Å². The minimum atomic E-state index is -0.0743. The first kappa shape index (κ1) is 18.3. The van der Waals surface area contributed by atoms with E-state index in [4.69, 9.17) is 4.74 Å². The van der Waals surface area contributed by atoms with Gasteiger partial charge in [-0.1, -0.05) is 42.8 Å². The average Bonchev–Trinajstić information content (AvgIpc) is 3.19. The Hall–Kier alpha value is -2.46. The Labute approximate surface area is 158 Å². The molecule has 3 nitrogen and oxygen atoms in total.